The Kier molecular flexibility index (Phi) is 13.9. The van der Waals surface area contributed by atoms with Crippen LogP contribution in [0.3, 0.4) is 0 Å². The van der Waals surface area contributed by atoms with E-state index in [-0.39, 0.29) is 23.3 Å². The number of carbonyl (C=O) groups is 4. The molecule has 150 valence electrons. The van der Waals surface area contributed by atoms with Gasteiger partial charge < -0.3 is 20.1 Å². The summed E-state index contributed by atoms with van der Waals surface area (Å²) >= 11 is 0. The van der Waals surface area contributed by atoms with Crippen molar-refractivity contribution in [1.82, 2.24) is 10.6 Å². The van der Waals surface area contributed by atoms with Crippen molar-refractivity contribution in [1.29, 1.82) is 0 Å². The van der Waals surface area contributed by atoms with Gasteiger partial charge in [0.15, 0.2) is 0 Å². The zero-order valence-electron chi connectivity index (χ0n) is 15.7. The van der Waals surface area contributed by atoms with E-state index in [1.54, 1.807) is 0 Å². The molecule has 2 atom stereocenters. The van der Waals surface area contributed by atoms with Gasteiger partial charge in [0, 0.05) is 24.3 Å². The number of rotatable bonds is 13. The Hall–Kier alpha value is -1.42. The molecule has 0 aliphatic rings. The Bertz CT molecular complexity index is 434. The largest absolute Gasteiger partial charge is 0.467 e. The predicted octanol–water partition coefficient (Wildman–Crippen LogP) is 1.28. The van der Waals surface area contributed by atoms with Gasteiger partial charge in [0.05, 0.1) is 14.2 Å². The third-order valence-electron chi connectivity index (χ3n) is 3.15. The lowest BCUT2D eigenvalue weighted by Gasteiger charge is -2.18. The summed E-state index contributed by atoms with van der Waals surface area (Å²) in [6.45, 7) is 3.74. The highest BCUT2D eigenvalue weighted by Crippen LogP contribution is 2.23. The predicted molar refractivity (Wildman–Crippen MR) is 103 cm³/mol. The van der Waals surface area contributed by atoms with Gasteiger partial charge in [-0.15, -0.1) is 0 Å². The van der Waals surface area contributed by atoms with Gasteiger partial charge in [-0.1, -0.05) is 35.4 Å². The molecular weight excluding hydrogens is 380 g/mol. The first-order chi connectivity index (χ1) is 12.4. The van der Waals surface area contributed by atoms with Gasteiger partial charge in [-0.05, 0) is 12.8 Å². The molecule has 0 heterocycles. The van der Waals surface area contributed by atoms with Crippen LogP contribution in [-0.4, -0.2) is 61.6 Å². The van der Waals surface area contributed by atoms with E-state index in [9.17, 15) is 19.2 Å². The zero-order valence-corrected chi connectivity index (χ0v) is 17.3. The molecule has 2 N–H and O–H groups in total. The molecule has 0 bridgehead atoms. The lowest BCUT2D eigenvalue weighted by Crippen LogP contribution is -2.44. The van der Waals surface area contributed by atoms with Crippen LogP contribution in [0.4, 0.5) is 0 Å². The average Bonchev–Trinajstić information content (AvgIpc) is 2.62. The van der Waals surface area contributed by atoms with E-state index in [0.29, 0.717) is 25.7 Å². The highest BCUT2D eigenvalue weighted by molar-refractivity contribution is 8.76. The summed E-state index contributed by atoms with van der Waals surface area (Å²) in [6, 6.07) is -1.52. The Balaban J connectivity index is 4.51. The second kappa shape index (κ2) is 14.7. The molecule has 0 radical (unpaired) electrons. The fraction of sp³-hybridized carbons (Fsp3) is 0.750. The van der Waals surface area contributed by atoms with Crippen LogP contribution < -0.4 is 10.6 Å². The van der Waals surface area contributed by atoms with Crippen LogP contribution in [-0.2, 0) is 28.7 Å². The monoisotopic (exact) mass is 408 g/mol. The summed E-state index contributed by atoms with van der Waals surface area (Å²) in [5, 5.41) is 5.26. The SMILES string of the molecule is CCCC(=O)NC(CSSC[C@H](NC(=O)CCC)C(=O)OC)C(=O)OC. The number of ether oxygens (including phenoxy) is 2. The van der Waals surface area contributed by atoms with Crippen molar-refractivity contribution < 1.29 is 28.7 Å². The number of hydrogen-bond donors (Lipinski definition) is 2. The molecule has 0 aromatic heterocycles. The number of carbonyl (C=O) groups excluding carboxylic acids is 4. The van der Waals surface area contributed by atoms with Gasteiger partial charge in [-0.25, -0.2) is 9.59 Å². The zero-order chi connectivity index (χ0) is 19.9. The smallest absolute Gasteiger partial charge is 0.329 e. The Morgan fingerprint density at radius 3 is 1.38 bits per heavy atom. The van der Waals surface area contributed by atoms with Crippen LogP contribution in [0.15, 0.2) is 0 Å². The third-order valence-corrected chi connectivity index (χ3v) is 5.57. The van der Waals surface area contributed by atoms with E-state index in [2.05, 4.69) is 10.6 Å². The van der Waals surface area contributed by atoms with Crippen molar-refractivity contribution in [3.63, 3.8) is 0 Å². The van der Waals surface area contributed by atoms with Crippen LogP contribution in [0.25, 0.3) is 0 Å². The number of nitrogens with one attached hydrogen (secondary N) is 2. The highest BCUT2D eigenvalue weighted by Gasteiger charge is 2.24. The van der Waals surface area contributed by atoms with Crippen LogP contribution in [0, 0.1) is 0 Å². The minimum atomic E-state index is -0.761. The summed E-state index contributed by atoms with van der Waals surface area (Å²) in [5.74, 6) is -0.917. The van der Waals surface area contributed by atoms with Gasteiger partial charge in [-0.3, -0.25) is 9.59 Å². The minimum Gasteiger partial charge on any atom is -0.467 e. The molecular formula is C16H28N2O6S2. The molecule has 0 aliphatic heterocycles. The van der Waals surface area contributed by atoms with Gasteiger partial charge in [0.2, 0.25) is 11.8 Å². The molecule has 0 spiro atoms. The lowest BCUT2D eigenvalue weighted by molar-refractivity contribution is -0.144. The maximum Gasteiger partial charge on any atom is 0.329 e. The lowest BCUT2D eigenvalue weighted by atomic mass is 10.3. The first kappa shape index (κ1) is 24.6. The molecule has 0 saturated carbocycles. The topological polar surface area (TPSA) is 111 Å². The minimum absolute atomic E-state index is 0.215. The number of amides is 2. The van der Waals surface area contributed by atoms with Crippen LogP contribution in [0.2, 0.25) is 0 Å². The van der Waals surface area contributed by atoms with E-state index >= 15 is 0 Å². The van der Waals surface area contributed by atoms with E-state index in [1.165, 1.54) is 35.8 Å². The van der Waals surface area contributed by atoms with Gasteiger partial charge in [0.1, 0.15) is 12.1 Å². The number of esters is 2. The van der Waals surface area contributed by atoms with E-state index in [4.69, 9.17) is 9.47 Å². The van der Waals surface area contributed by atoms with E-state index in [0.717, 1.165) is 0 Å². The van der Waals surface area contributed by atoms with Crippen LogP contribution in [0.5, 0.6) is 0 Å². The third kappa shape index (κ3) is 10.5. The fourth-order valence-corrected chi connectivity index (χ4v) is 4.14. The summed E-state index contributed by atoms with van der Waals surface area (Å²) in [6.07, 6.45) is 2.03. The van der Waals surface area contributed by atoms with Gasteiger partial charge in [-0.2, -0.15) is 0 Å². The van der Waals surface area contributed by atoms with Crippen molar-refractivity contribution in [2.45, 2.75) is 51.6 Å². The summed E-state index contributed by atoms with van der Waals surface area (Å²) < 4.78 is 9.39. The van der Waals surface area contributed by atoms with Crippen molar-refractivity contribution >= 4 is 45.3 Å². The number of hydrogen-bond acceptors (Lipinski definition) is 8. The van der Waals surface area contributed by atoms with Crippen LogP contribution >= 0.6 is 21.6 Å². The Morgan fingerprint density at radius 2 is 1.12 bits per heavy atom. The second-order valence-electron chi connectivity index (χ2n) is 5.36. The maximum absolute atomic E-state index is 11.8. The molecule has 2 amide bonds. The average molecular weight is 409 g/mol. The first-order valence-electron chi connectivity index (χ1n) is 8.38. The van der Waals surface area contributed by atoms with Crippen molar-refractivity contribution in [3.8, 4) is 0 Å². The quantitative estimate of drug-likeness (QED) is 0.266. The van der Waals surface area contributed by atoms with Crippen molar-refractivity contribution in [2.24, 2.45) is 0 Å². The van der Waals surface area contributed by atoms with Crippen molar-refractivity contribution in [2.75, 3.05) is 25.7 Å². The summed E-state index contributed by atoms with van der Waals surface area (Å²) in [5.41, 5.74) is 0. The number of methoxy groups -OCH3 is 2. The standard InChI is InChI=1S/C16H28N2O6S2/c1-5-7-13(19)17-11(15(21)23-3)9-25-26-10-12(16(22)24-4)18-14(20)8-6-2/h11-12H,5-10H2,1-4H3,(H,17,19)(H,18,20)/t11-,12?/m0/s1. The van der Waals surface area contributed by atoms with E-state index < -0.39 is 24.0 Å². The maximum atomic E-state index is 11.8. The first-order valence-corrected chi connectivity index (χ1v) is 10.9. The fourth-order valence-electron chi connectivity index (χ4n) is 1.84. The molecule has 0 saturated heterocycles. The normalized spacial score (nSPS) is 12.6. The molecule has 0 rings (SSSR count). The molecule has 8 nitrogen and oxygen atoms in total. The highest BCUT2D eigenvalue weighted by atomic mass is 33.1. The molecule has 1 unspecified atom stereocenters. The van der Waals surface area contributed by atoms with E-state index in [1.807, 2.05) is 13.8 Å². The van der Waals surface area contributed by atoms with Crippen molar-refractivity contribution in [3.05, 3.63) is 0 Å². The molecule has 0 aromatic carbocycles. The second-order valence-corrected chi connectivity index (χ2v) is 7.91. The molecule has 0 aromatic rings. The molecule has 26 heavy (non-hydrogen) atoms. The Morgan fingerprint density at radius 1 is 0.769 bits per heavy atom. The molecule has 0 aliphatic carbocycles. The molecule has 0 fully saturated rings. The molecule has 10 heteroatoms. The van der Waals surface area contributed by atoms with Crippen LogP contribution in [0.1, 0.15) is 39.5 Å². The van der Waals surface area contributed by atoms with Gasteiger partial charge in [0.25, 0.3) is 0 Å². The Labute approximate surface area is 162 Å². The summed E-state index contributed by atoms with van der Waals surface area (Å²) in [4.78, 5) is 46.9. The summed E-state index contributed by atoms with van der Waals surface area (Å²) in [7, 11) is 5.13. The van der Waals surface area contributed by atoms with Gasteiger partial charge >= 0.3 is 11.9 Å².